The van der Waals surface area contributed by atoms with Crippen LogP contribution >= 0.6 is 0 Å². The SMILES string of the molecule is CCN1CC(n2cc3c(n2)CN=CN3)C1. The standard InChI is InChI=1S/C10H15N5/c1-2-14-4-8(5-14)15-6-10-9(13-15)3-11-7-12-10/h6-8H,2-5H2,1H3,(H,11,12). The van der Waals surface area contributed by atoms with Gasteiger partial charge in [-0.05, 0) is 6.54 Å². The Bertz CT molecular complexity index is 363. The van der Waals surface area contributed by atoms with Gasteiger partial charge < -0.3 is 5.32 Å². The number of hydrogen-bond donors (Lipinski definition) is 1. The zero-order chi connectivity index (χ0) is 10.3. The summed E-state index contributed by atoms with van der Waals surface area (Å²) in [6, 6.07) is 0.553. The second kappa shape index (κ2) is 3.34. The van der Waals surface area contributed by atoms with E-state index in [2.05, 4.69) is 38.1 Å². The molecule has 5 nitrogen and oxygen atoms in total. The third-order valence-electron chi connectivity index (χ3n) is 3.12. The van der Waals surface area contributed by atoms with E-state index in [-0.39, 0.29) is 0 Å². The summed E-state index contributed by atoms with van der Waals surface area (Å²) in [6.07, 6.45) is 3.84. The largest absolute Gasteiger partial charge is 0.344 e. The topological polar surface area (TPSA) is 45.5 Å². The Kier molecular flexibility index (Phi) is 1.98. The second-order valence-corrected chi connectivity index (χ2v) is 4.09. The maximum absolute atomic E-state index is 4.56. The molecule has 1 aromatic heterocycles. The molecular formula is C10H15N5. The molecule has 0 unspecified atom stereocenters. The summed E-state index contributed by atoms with van der Waals surface area (Å²) in [6.45, 7) is 6.29. The third kappa shape index (κ3) is 1.43. The van der Waals surface area contributed by atoms with Gasteiger partial charge >= 0.3 is 0 Å². The first-order valence-electron chi connectivity index (χ1n) is 5.42. The molecule has 0 saturated carbocycles. The van der Waals surface area contributed by atoms with Crippen molar-refractivity contribution < 1.29 is 0 Å². The van der Waals surface area contributed by atoms with Crippen molar-refractivity contribution in [2.75, 3.05) is 25.0 Å². The second-order valence-electron chi connectivity index (χ2n) is 4.09. The molecule has 15 heavy (non-hydrogen) atoms. The molecule has 0 aromatic carbocycles. The minimum absolute atomic E-state index is 0.553. The van der Waals surface area contributed by atoms with Crippen LogP contribution in [0.2, 0.25) is 0 Å². The molecule has 1 aromatic rings. The van der Waals surface area contributed by atoms with Crippen LogP contribution < -0.4 is 5.32 Å². The molecule has 2 aliphatic rings. The van der Waals surface area contributed by atoms with Gasteiger partial charge in [0.1, 0.15) is 5.69 Å². The third-order valence-corrected chi connectivity index (χ3v) is 3.12. The summed E-state index contributed by atoms with van der Waals surface area (Å²) in [7, 11) is 0. The first-order valence-corrected chi connectivity index (χ1v) is 5.42. The molecule has 1 saturated heterocycles. The van der Waals surface area contributed by atoms with Crippen molar-refractivity contribution in [2.24, 2.45) is 4.99 Å². The van der Waals surface area contributed by atoms with E-state index in [9.17, 15) is 0 Å². The van der Waals surface area contributed by atoms with E-state index in [1.54, 1.807) is 6.34 Å². The highest BCUT2D eigenvalue weighted by molar-refractivity contribution is 5.78. The number of hydrogen-bond acceptors (Lipinski definition) is 4. The lowest BCUT2D eigenvalue weighted by Gasteiger charge is -2.38. The number of nitrogens with one attached hydrogen (secondary N) is 1. The zero-order valence-electron chi connectivity index (χ0n) is 8.85. The fourth-order valence-electron chi connectivity index (χ4n) is 2.07. The van der Waals surface area contributed by atoms with Crippen LogP contribution in [0.25, 0.3) is 0 Å². The minimum Gasteiger partial charge on any atom is -0.344 e. The molecule has 80 valence electrons. The Labute approximate surface area is 88.8 Å². The molecule has 0 bridgehead atoms. The van der Waals surface area contributed by atoms with Crippen LogP contribution in [0.1, 0.15) is 18.7 Å². The average Bonchev–Trinajstić information content (AvgIpc) is 2.59. The van der Waals surface area contributed by atoms with Crippen molar-refractivity contribution in [3.63, 3.8) is 0 Å². The van der Waals surface area contributed by atoms with Crippen molar-refractivity contribution in [2.45, 2.75) is 19.5 Å². The van der Waals surface area contributed by atoms with E-state index in [0.29, 0.717) is 12.6 Å². The number of aliphatic imine (C=N–C) groups is 1. The van der Waals surface area contributed by atoms with Crippen LogP contribution in [0.4, 0.5) is 5.69 Å². The highest BCUT2D eigenvalue weighted by atomic mass is 15.4. The molecule has 3 rings (SSSR count). The summed E-state index contributed by atoms with van der Waals surface area (Å²) in [5.41, 5.74) is 2.17. The Hall–Kier alpha value is -1.36. The van der Waals surface area contributed by atoms with Crippen LogP contribution in [0.15, 0.2) is 11.2 Å². The zero-order valence-corrected chi connectivity index (χ0v) is 8.85. The smallest absolute Gasteiger partial charge is 0.107 e. The van der Waals surface area contributed by atoms with Gasteiger partial charge in [0.05, 0.1) is 24.6 Å². The van der Waals surface area contributed by atoms with E-state index in [0.717, 1.165) is 31.0 Å². The molecule has 0 radical (unpaired) electrons. The van der Waals surface area contributed by atoms with Crippen LogP contribution in [0.5, 0.6) is 0 Å². The first-order chi connectivity index (χ1) is 7.36. The van der Waals surface area contributed by atoms with Gasteiger partial charge in [0.15, 0.2) is 0 Å². The normalized spacial score (nSPS) is 20.9. The van der Waals surface area contributed by atoms with Gasteiger partial charge in [-0.3, -0.25) is 14.6 Å². The van der Waals surface area contributed by atoms with Crippen molar-refractivity contribution in [3.05, 3.63) is 11.9 Å². The van der Waals surface area contributed by atoms with Crippen molar-refractivity contribution in [1.29, 1.82) is 0 Å². The number of likely N-dealkylation sites (N-methyl/N-ethyl adjacent to an activating group) is 1. The number of anilines is 1. The maximum atomic E-state index is 4.56. The molecule has 2 aliphatic heterocycles. The van der Waals surface area contributed by atoms with Crippen molar-refractivity contribution >= 4 is 12.0 Å². The maximum Gasteiger partial charge on any atom is 0.107 e. The van der Waals surface area contributed by atoms with Crippen molar-refractivity contribution in [1.82, 2.24) is 14.7 Å². The number of rotatable bonds is 2. The molecule has 5 heteroatoms. The molecule has 0 atom stereocenters. The number of likely N-dealkylation sites (tertiary alicyclic amines) is 1. The van der Waals surface area contributed by atoms with Crippen LogP contribution in [0.3, 0.4) is 0 Å². The van der Waals surface area contributed by atoms with E-state index in [1.807, 2.05) is 0 Å². The molecule has 3 heterocycles. The van der Waals surface area contributed by atoms with Gasteiger partial charge in [-0.15, -0.1) is 0 Å². The van der Waals surface area contributed by atoms with Gasteiger partial charge in [-0.25, -0.2) is 0 Å². The molecule has 0 amide bonds. The summed E-state index contributed by atoms with van der Waals surface area (Å²) < 4.78 is 2.08. The molecular weight excluding hydrogens is 190 g/mol. The quantitative estimate of drug-likeness (QED) is 0.773. The van der Waals surface area contributed by atoms with Crippen LogP contribution in [0, 0.1) is 0 Å². The summed E-state index contributed by atoms with van der Waals surface area (Å²) in [5, 5.41) is 7.68. The molecule has 0 spiro atoms. The average molecular weight is 205 g/mol. The highest BCUT2D eigenvalue weighted by Crippen LogP contribution is 2.24. The predicted octanol–water partition coefficient (Wildman–Crippen LogP) is 0.713. The van der Waals surface area contributed by atoms with Gasteiger partial charge in [0.25, 0.3) is 0 Å². The lowest BCUT2D eigenvalue weighted by atomic mass is 10.1. The fourth-order valence-corrected chi connectivity index (χ4v) is 2.07. The van der Waals surface area contributed by atoms with Crippen molar-refractivity contribution in [3.8, 4) is 0 Å². The van der Waals surface area contributed by atoms with Gasteiger partial charge in [-0.1, -0.05) is 6.92 Å². The van der Waals surface area contributed by atoms with Crippen LogP contribution in [-0.2, 0) is 6.54 Å². The first kappa shape index (κ1) is 8.91. The number of nitrogens with zero attached hydrogens (tertiary/aromatic N) is 4. The van der Waals surface area contributed by atoms with Gasteiger partial charge in [0, 0.05) is 19.3 Å². The fraction of sp³-hybridized carbons (Fsp3) is 0.600. The summed E-state index contributed by atoms with van der Waals surface area (Å²) in [5.74, 6) is 0. The van der Waals surface area contributed by atoms with Gasteiger partial charge in [0.2, 0.25) is 0 Å². The highest BCUT2D eigenvalue weighted by Gasteiger charge is 2.28. The Morgan fingerprint density at radius 3 is 3.13 bits per heavy atom. The summed E-state index contributed by atoms with van der Waals surface area (Å²) >= 11 is 0. The van der Waals surface area contributed by atoms with E-state index < -0.39 is 0 Å². The number of aromatic nitrogens is 2. The monoisotopic (exact) mass is 205 g/mol. The minimum atomic E-state index is 0.553. The lowest BCUT2D eigenvalue weighted by molar-refractivity contribution is 0.105. The Morgan fingerprint density at radius 2 is 2.40 bits per heavy atom. The molecule has 1 N–H and O–H groups in total. The summed E-state index contributed by atoms with van der Waals surface area (Å²) in [4.78, 5) is 6.56. The van der Waals surface area contributed by atoms with E-state index in [4.69, 9.17) is 0 Å². The Morgan fingerprint density at radius 1 is 1.53 bits per heavy atom. The van der Waals surface area contributed by atoms with E-state index >= 15 is 0 Å². The van der Waals surface area contributed by atoms with E-state index in [1.165, 1.54) is 0 Å². The van der Waals surface area contributed by atoms with Crippen LogP contribution in [-0.4, -0.2) is 40.7 Å². The lowest BCUT2D eigenvalue weighted by Crippen LogP contribution is -2.47. The molecule has 1 fully saturated rings. The predicted molar refractivity (Wildman–Crippen MR) is 59.2 cm³/mol. The number of fused-ring (bicyclic) bond motifs is 1. The van der Waals surface area contributed by atoms with Gasteiger partial charge in [-0.2, -0.15) is 5.10 Å². The Balaban J connectivity index is 1.75. The molecule has 0 aliphatic carbocycles.